The minimum Gasteiger partial charge on any atom is -0.337 e. The highest BCUT2D eigenvalue weighted by molar-refractivity contribution is 8.00. The third-order valence-corrected chi connectivity index (χ3v) is 5.68. The van der Waals surface area contributed by atoms with Crippen LogP contribution in [-0.4, -0.2) is 47.9 Å². The van der Waals surface area contributed by atoms with Gasteiger partial charge < -0.3 is 9.88 Å². The maximum atomic E-state index is 12.9. The van der Waals surface area contributed by atoms with Crippen molar-refractivity contribution >= 4 is 40.3 Å². The number of aromatic amines is 1. The normalized spacial score (nSPS) is 12.7. The van der Waals surface area contributed by atoms with Crippen LogP contribution in [0.5, 0.6) is 0 Å². The minimum absolute atomic E-state index is 0.00564. The summed E-state index contributed by atoms with van der Waals surface area (Å²) in [4.78, 5) is 34.6. The van der Waals surface area contributed by atoms with Crippen molar-refractivity contribution in [3.63, 3.8) is 0 Å². The number of aromatic nitrogens is 4. The molecule has 0 radical (unpaired) electrons. The van der Waals surface area contributed by atoms with Crippen molar-refractivity contribution in [1.82, 2.24) is 24.6 Å². The zero-order valence-corrected chi connectivity index (χ0v) is 18.6. The van der Waals surface area contributed by atoms with Crippen LogP contribution in [0.15, 0.2) is 40.4 Å². The van der Waals surface area contributed by atoms with E-state index < -0.39 is 5.25 Å². The highest BCUT2D eigenvalue weighted by atomic mass is 35.5. The topological polar surface area (TPSA) is 83.9 Å². The number of hydrogen-bond donors (Lipinski definition) is 1. The summed E-state index contributed by atoms with van der Waals surface area (Å²) in [5.74, 6) is 0.00564. The van der Waals surface area contributed by atoms with Crippen molar-refractivity contribution in [2.75, 3.05) is 0 Å². The van der Waals surface area contributed by atoms with Crippen LogP contribution in [0.25, 0.3) is 16.7 Å². The maximum absolute atomic E-state index is 12.9. The molecule has 154 valence electrons. The highest BCUT2D eigenvalue weighted by Crippen LogP contribution is 2.24. The molecule has 9 heteroatoms. The Labute approximate surface area is 178 Å². The summed E-state index contributed by atoms with van der Waals surface area (Å²) in [6.07, 6.45) is 1.48. The molecule has 0 fully saturated rings. The Balaban J connectivity index is 1.96. The third-order valence-electron chi connectivity index (χ3n) is 4.47. The molecule has 0 aliphatic heterocycles. The molecule has 0 saturated carbocycles. The summed E-state index contributed by atoms with van der Waals surface area (Å²) in [5.41, 5.74) is 0.828. The van der Waals surface area contributed by atoms with Crippen molar-refractivity contribution in [3.8, 4) is 5.69 Å². The van der Waals surface area contributed by atoms with E-state index in [4.69, 9.17) is 11.6 Å². The molecule has 2 aromatic heterocycles. The number of carbonyl (C=O) groups is 1. The molecular weight excluding hydrogens is 410 g/mol. The number of nitrogens with one attached hydrogen (secondary N) is 1. The fraction of sp³-hybridized carbons (Fsp3) is 0.400. The van der Waals surface area contributed by atoms with E-state index in [1.54, 1.807) is 22.9 Å². The number of hydrogen-bond acceptors (Lipinski definition) is 5. The van der Waals surface area contributed by atoms with E-state index in [2.05, 4.69) is 15.1 Å². The molecule has 1 amide bonds. The van der Waals surface area contributed by atoms with Crippen molar-refractivity contribution in [3.05, 3.63) is 45.8 Å². The van der Waals surface area contributed by atoms with Crippen molar-refractivity contribution in [2.45, 2.75) is 57.1 Å². The summed E-state index contributed by atoms with van der Waals surface area (Å²) >= 11 is 7.31. The smallest absolute Gasteiger partial charge is 0.262 e. The molecule has 1 N–H and O–H groups in total. The SMILES string of the molecule is CC(C)N(C(=O)[C@H](C)Sc1nc2c(cnn2-c2cccc(Cl)c2)c(=O)[nH]1)C(C)C. The van der Waals surface area contributed by atoms with E-state index in [0.717, 1.165) is 0 Å². The molecule has 3 aromatic rings. The van der Waals surface area contributed by atoms with Gasteiger partial charge in [0, 0.05) is 17.1 Å². The van der Waals surface area contributed by atoms with E-state index >= 15 is 0 Å². The first-order valence-electron chi connectivity index (χ1n) is 9.42. The number of carbonyl (C=O) groups excluding carboxylic acids is 1. The minimum atomic E-state index is -0.400. The van der Waals surface area contributed by atoms with Gasteiger partial charge in [-0.05, 0) is 52.8 Å². The molecule has 0 aliphatic carbocycles. The van der Waals surface area contributed by atoms with Crippen LogP contribution < -0.4 is 5.56 Å². The number of nitrogens with zero attached hydrogens (tertiary/aromatic N) is 4. The second-order valence-electron chi connectivity index (χ2n) is 7.34. The summed E-state index contributed by atoms with van der Waals surface area (Å²) in [7, 11) is 0. The molecule has 1 atom stereocenters. The number of amides is 1. The molecule has 1 aromatic carbocycles. The third kappa shape index (κ3) is 4.48. The summed E-state index contributed by atoms with van der Waals surface area (Å²) in [5, 5.41) is 5.20. The monoisotopic (exact) mass is 433 g/mol. The highest BCUT2D eigenvalue weighted by Gasteiger charge is 2.26. The Bertz CT molecular complexity index is 1080. The second kappa shape index (κ2) is 8.59. The lowest BCUT2D eigenvalue weighted by molar-refractivity contribution is -0.133. The molecule has 3 rings (SSSR count). The van der Waals surface area contributed by atoms with E-state index in [1.165, 1.54) is 18.0 Å². The fourth-order valence-corrected chi connectivity index (χ4v) is 4.32. The van der Waals surface area contributed by atoms with Gasteiger partial charge in [-0.1, -0.05) is 29.4 Å². The van der Waals surface area contributed by atoms with E-state index in [1.807, 2.05) is 45.6 Å². The van der Waals surface area contributed by atoms with E-state index in [0.29, 0.717) is 26.9 Å². The first-order chi connectivity index (χ1) is 13.7. The number of benzene rings is 1. The Morgan fingerprint density at radius 3 is 2.52 bits per heavy atom. The first-order valence-corrected chi connectivity index (χ1v) is 10.7. The maximum Gasteiger partial charge on any atom is 0.262 e. The average Bonchev–Trinajstić information content (AvgIpc) is 3.05. The molecule has 29 heavy (non-hydrogen) atoms. The summed E-state index contributed by atoms with van der Waals surface area (Å²) in [6, 6.07) is 7.33. The summed E-state index contributed by atoms with van der Waals surface area (Å²) < 4.78 is 1.57. The molecule has 0 spiro atoms. The van der Waals surface area contributed by atoms with Gasteiger partial charge in [-0.2, -0.15) is 5.10 Å². The zero-order valence-electron chi connectivity index (χ0n) is 17.0. The average molecular weight is 434 g/mol. The van der Waals surface area contributed by atoms with Gasteiger partial charge in [0.05, 0.1) is 17.1 Å². The van der Waals surface area contributed by atoms with Crippen LogP contribution in [0.2, 0.25) is 5.02 Å². The van der Waals surface area contributed by atoms with Crippen LogP contribution >= 0.6 is 23.4 Å². The van der Waals surface area contributed by atoms with Crippen molar-refractivity contribution in [2.24, 2.45) is 0 Å². The number of halogens is 1. The lowest BCUT2D eigenvalue weighted by Gasteiger charge is -2.32. The molecule has 7 nitrogen and oxygen atoms in total. The van der Waals surface area contributed by atoms with Crippen molar-refractivity contribution < 1.29 is 4.79 Å². The Morgan fingerprint density at radius 2 is 1.90 bits per heavy atom. The molecule has 0 aliphatic rings. The predicted molar refractivity (Wildman–Crippen MR) is 117 cm³/mol. The van der Waals surface area contributed by atoms with Gasteiger partial charge >= 0.3 is 0 Å². The number of thioether (sulfide) groups is 1. The summed E-state index contributed by atoms with van der Waals surface area (Å²) in [6.45, 7) is 9.79. The van der Waals surface area contributed by atoms with Crippen molar-refractivity contribution in [1.29, 1.82) is 0 Å². The van der Waals surface area contributed by atoms with Gasteiger partial charge in [0.2, 0.25) is 5.91 Å². The van der Waals surface area contributed by atoms with Gasteiger partial charge in [-0.25, -0.2) is 9.67 Å². The second-order valence-corrected chi connectivity index (χ2v) is 9.10. The number of rotatable bonds is 6. The lowest BCUT2D eigenvalue weighted by Crippen LogP contribution is -2.45. The van der Waals surface area contributed by atoms with E-state index in [-0.39, 0.29) is 23.6 Å². The van der Waals surface area contributed by atoms with Gasteiger partial charge in [0.15, 0.2) is 10.8 Å². The van der Waals surface area contributed by atoms with Crippen LogP contribution in [0.3, 0.4) is 0 Å². The predicted octanol–water partition coefficient (Wildman–Crippen LogP) is 3.89. The molecule has 2 heterocycles. The van der Waals surface area contributed by atoms with Crippen LogP contribution in [0.4, 0.5) is 0 Å². The molecule has 0 saturated heterocycles. The molecule has 0 bridgehead atoms. The van der Waals surface area contributed by atoms with Gasteiger partial charge in [-0.3, -0.25) is 9.59 Å². The lowest BCUT2D eigenvalue weighted by atomic mass is 10.2. The van der Waals surface area contributed by atoms with Crippen LogP contribution in [0, 0.1) is 0 Å². The molecular formula is C20H24ClN5O2S. The zero-order chi connectivity index (χ0) is 21.3. The Kier molecular flexibility index (Phi) is 6.33. The van der Waals surface area contributed by atoms with Crippen LogP contribution in [0.1, 0.15) is 34.6 Å². The Morgan fingerprint density at radius 1 is 1.21 bits per heavy atom. The largest absolute Gasteiger partial charge is 0.337 e. The van der Waals surface area contributed by atoms with Crippen LogP contribution in [-0.2, 0) is 4.79 Å². The fourth-order valence-electron chi connectivity index (χ4n) is 3.28. The number of fused-ring (bicyclic) bond motifs is 1. The number of H-pyrrole nitrogens is 1. The first kappa shape index (κ1) is 21.4. The van der Waals surface area contributed by atoms with Gasteiger partial charge in [0.1, 0.15) is 5.39 Å². The molecule has 0 unspecified atom stereocenters. The van der Waals surface area contributed by atoms with Gasteiger partial charge in [0.25, 0.3) is 5.56 Å². The quantitative estimate of drug-likeness (QED) is 0.471. The Hall–Kier alpha value is -2.32. The standard InChI is InChI=1S/C20H24ClN5O2S/c1-11(2)25(12(3)4)19(28)13(5)29-20-23-17-16(18(27)24-20)10-22-26(17)15-8-6-7-14(21)9-15/h6-13H,1-5H3,(H,23,24,27)/t13-/m0/s1. The van der Waals surface area contributed by atoms with Gasteiger partial charge in [-0.15, -0.1) is 0 Å². The van der Waals surface area contributed by atoms with E-state index in [9.17, 15) is 9.59 Å².